The summed E-state index contributed by atoms with van der Waals surface area (Å²) >= 11 is 0. The maximum atomic E-state index is 11.6. The van der Waals surface area contributed by atoms with Crippen LogP contribution in [-0.2, 0) is 22.4 Å². The molecule has 0 aliphatic carbocycles. The van der Waals surface area contributed by atoms with E-state index in [1.165, 1.54) is 11.1 Å². The Morgan fingerprint density at radius 1 is 0.800 bits per heavy atom. The largest absolute Gasteiger partial charge is 0.465 e. The predicted molar refractivity (Wildman–Crippen MR) is 80.5 cm³/mol. The van der Waals surface area contributed by atoms with Gasteiger partial charge in [0.2, 0.25) is 0 Å². The van der Waals surface area contributed by atoms with Gasteiger partial charge in [-0.1, -0.05) is 60.7 Å². The van der Waals surface area contributed by atoms with Gasteiger partial charge in [-0.25, -0.2) is 0 Å². The Morgan fingerprint density at radius 3 is 1.95 bits per heavy atom. The summed E-state index contributed by atoms with van der Waals surface area (Å²) in [6.07, 6.45) is 3.04. The molecule has 0 bridgehead atoms. The van der Waals surface area contributed by atoms with Crippen LogP contribution in [0.25, 0.3) is 0 Å². The van der Waals surface area contributed by atoms with Gasteiger partial charge in [-0.15, -0.1) is 0 Å². The highest BCUT2D eigenvalue weighted by Gasteiger charge is 2.03. The quantitative estimate of drug-likeness (QED) is 0.714. The van der Waals surface area contributed by atoms with E-state index < -0.39 is 0 Å². The fraction of sp³-hybridized carbons (Fsp3) is 0.278. The molecule has 0 saturated heterocycles. The first-order valence-corrected chi connectivity index (χ1v) is 7.08. The summed E-state index contributed by atoms with van der Waals surface area (Å²) in [6, 6.07) is 20.3. The molecule has 0 N–H and O–H groups in total. The first-order valence-electron chi connectivity index (χ1n) is 7.08. The lowest BCUT2D eigenvalue weighted by Crippen LogP contribution is -2.07. The summed E-state index contributed by atoms with van der Waals surface area (Å²) < 4.78 is 5.24. The highest BCUT2D eigenvalue weighted by Crippen LogP contribution is 2.06. The molecule has 2 aromatic carbocycles. The van der Waals surface area contributed by atoms with Crippen LogP contribution >= 0.6 is 0 Å². The van der Waals surface area contributed by atoms with Crippen LogP contribution in [0.5, 0.6) is 0 Å². The number of carbonyl (C=O) groups is 1. The second-order valence-electron chi connectivity index (χ2n) is 4.80. The van der Waals surface area contributed by atoms with Crippen molar-refractivity contribution in [1.29, 1.82) is 0 Å². The van der Waals surface area contributed by atoms with Gasteiger partial charge >= 0.3 is 5.97 Å². The third-order valence-corrected chi connectivity index (χ3v) is 3.19. The number of carbonyl (C=O) groups excluding carboxylic acids is 1. The Balaban J connectivity index is 1.59. The number of hydrogen-bond acceptors (Lipinski definition) is 2. The molecule has 20 heavy (non-hydrogen) atoms. The van der Waals surface area contributed by atoms with Crippen LogP contribution in [0.3, 0.4) is 0 Å². The van der Waals surface area contributed by atoms with Gasteiger partial charge in [-0.2, -0.15) is 0 Å². The molecule has 2 aromatic rings. The average Bonchev–Trinajstić information content (AvgIpc) is 2.49. The molecule has 0 heterocycles. The van der Waals surface area contributed by atoms with Gasteiger partial charge in [0, 0.05) is 12.8 Å². The topological polar surface area (TPSA) is 26.3 Å². The smallest absolute Gasteiger partial charge is 0.305 e. The standard InChI is InChI=1S/C18H20O2/c19-18(13-7-12-16-8-3-1-4-9-16)20-15-14-17-10-5-2-6-11-17/h1-6,8-11H,7,12-15H2. The fourth-order valence-corrected chi connectivity index (χ4v) is 2.08. The number of rotatable bonds is 7. The first-order chi connectivity index (χ1) is 9.84. The molecule has 104 valence electrons. The molecular formula is C18H20O2. The number of ether oxygens (including phenoxy) is 1. The van der Waals surface area contributed by atoms with Crippen molar-refractivity contribution in [2.24, 2.45) is 0 Å². The first kappa shape index (κ1) is 14.3. The van der Waals surface area contributed by atoms with E-state index in [1.807, 2.05) is 48.5 Å². The van der Waals surface area contributed by atoms with Crippen LogP contribution in [0.1, 0.15) is 24.0 Å². The van der Waals surface area contributed by atoms with Crippen molar-refractivity contribution in [3.05, 3.63) is 71.8 Å². The van der Waals surface area contributed by atoms with Gasteiger partial charge < -0.3 is 4.74 Å². The molecule has 0 aromatic heterocycles. The highest BCUT2D eigenvalue weighted by molar-refractivity contribution is 5.69. The Labute approximate surface area is 120 Å². The van der Waals surface area contributed by atoms with Gasteiger partial charge in [0.15, 0.2) is 0 Å². The van der Waals surface area contributed by atoms with Crippen molar-refractivity contribution >= 4 is 5.97 Å². The normalized spacial score (nSPS) is 10.2. The monoisotopic (exact) mass is 268 g/mol. The van der Waals surface area contributed by atoms with Gasteiger partial charge in [0.1, 0.15) is 0 Å². The lowest BCUT2D eigenvalue weighted by atomic mass is 10.1. The van der Waals surface area contributed by atoms with E-state index in [9.17, 15) is 4.79 Å². The van der Waals surface area contributed by atoms with Crippen LogP contribution in [-0.4, -0.2) is 12.6 Å². The Bertz CT molecular complexity index is 458. The van der Waals surface area contributed by atoms with E-state index >= 15 is 0 Å². The van der Waals surface area contributed by atoms with Crippen LogP contribution in [0.15, 0.2) is 60.7 Å². The minimum atomic E-state index is -0.100. The molecule has 2 nitrogen and oxygen atoms in total. The zero-order valence-electron chi connectivity index (χ0n) is 11.6. The zero-order chi connectivity index (χ0) is 14.0. The van der Waals surface area contributed by atoms with Crippen LogP contribution in [0, 0.1) is 0 Å². The van der Waals surface area contributed by atoms with E-state index in [4.69, 9.17) is 4.74 Å². The summed E-state index contributed by atoms with van der Waals surface area (Å²) in [5.74, 6) is -0.100. The Kier molecular flexibility index (Phi) is 5.84. The molecule has 2 heteroatoms. The molecule has 0 amide bonds. The van der Waals surface area contributed by atoms with E-state index in [1.54, 1.807) is 0 Å². The van der Waals surface area contributed by atoms with Crippen molar-refractivity contribution in [1.82, 2.24) is 0 Å². The molecule has 0 saturated carbocycles. The minimum Gasteiger partial charge on any atom is -0.465 e. The van der Waals surface area contributed by atoms with Gasteiger partial charge in [-0.3, -0.25) is 4.79 Å². The SMILES string of the molecule is O=C(CCCc1ccccc1)OCCc1ccccc1. The molecule has 0 unspecified atom stereocenters. The molecule has 0 radical (unpaired) electrons. The van der Waals surface area contributed by atoms with Crippen molar-refractivity contribution in [3.63, 3.8) is 0 Å². The lowest BCUT2D eigenvalue weighted by Gasteiger charge is -2.05. The van der Waals surface area contributed by atoms with E-state index in [-0.39, 0.29) is 5.97 Å². The summed E-state index contributed by atoms with van der Waals surface area (Å²) in [7, 11) is 0. The third kappa shape index (κ3) is 5.27. The number of aryl methyl sites for hydroxylation is 1. The summed E-state index contributed by atoms with van der Waals surface area (Å²) in [4.78, 5) is 11.6. The minimum absolute atomic E-state index is 0.100. The number of benzene rings is 2. The average molecular weight is 268 g/mol. The second-order valence-corrected chi connectivity index (χ2v) is 4.80. The molecule has 0 atom stereocenters. The van der Waals surface area contributed by atoms with Crippen molar-refractivity contribution < 1.29 is 9.53 Å². The van der Waals surface area contributed by atoms with Crippen molar-refractivity contribution in [2.45, 2.75) is 25.7 Å². The van der Waals surface area contributed by atoms with E-state index in [2.05, 4.69) is 12.1 Å². The molecular weight excluding hydrogens is 248 g/mol. The Morgan fingerprint density at radius 2 is 1.35 bits per heavy atom. The maximum Gasteiger partial charge on any atom is 0.305 e. The van der Waals surface area contributed by atoms with Crippen LogP contribution in [0.2, 0.25) is 0 Å². The van der Waals surface area contributed by atoms with Gasteiger partial charge in [0.25, 0.3) is 0 Å². The fourth-order valence-electron chi connectivity index (χ4n) is 2.08. The van der Waals surface area contributed by atoms with Crippen LogP contribution in [0.4, 0.5) is 0 Å². The second kappa shape index (κ2) is 8.16. The predicted octanol–water partition coefficient (Wildman–Crippen LogP) is 3.80. The molecule has 0 aliphatic rings. The zero-order valence-corrected chi connectivity index (χ0v) is 11.6. The highest BCUT2D eigenvalue weighted by atomic mass is 16.5. The van der Waals surface area contributed by atoms with Gasteiger partial charge in [0.05, 0.1) is 6.61 Å². The van der Waals surface area contributed by atoms with Crippen LogP contribution < -0.4 is 0 Å². The van der Waals surface area contributed by atoms with E-state index in [0.29, 0.717) is 13.0 Å². The van der Waals surface area contributed by atoms with Crippen molar-refractivity contribution in [2.75, 3.05) is 6.61 Å². The molecule has 2 rings (SSSR count). The summed E-state index contributed by atoms with van der Waals surface area (Å²) in [5, 5.41) is 0. The summed E-state index contributed by atoms with van der Waals surface area (Å²) in [5.41, 5.74) is 2.47. The maximum absolute atomic E-state index is 11.6. The molecule has 0 spiro atoms. The lowest BCUT2D eigenvalue weighted by molar-refractivity contribution is -0.143. The molecule has 0 fully saturated rings. The van der Waals surface area contributed by atoms with E-state index in [0.717, 1.165) is 19.3 Å². The van der Waals surface area contributed by atoms with Crippen molar-refractivity contribution in [3.8, 4) is 0 Å². The number of hydrogen-bond donors (Lipinski definition) is 0. The third-order valence-electron chi connectivity index (χ3n) is 3.19. The Hall–Kier alpha value is -2.09. The van der Waals surface area contributed by atoms with Gasteiger partial charge in [-0.05, 0) is 24.0 Å². The number of esters is 1. The molecule has 0 aliphatic heterocycles. The summed E-state index contributed by atoms with van der Waals surface area (Å²) in [6.45, 7) is 0.466.